The minimum absolute atomic E-state index is 0.00697. The van der Waals surface area contributed by atoms with Gasteiger partial charge in [0.05, 0.1) is 11.9 Å². The van der Waals surface area contributed by atoms with Crippen molar-refractivity contribution < 1.29 is 26.8 Å². The van der Waals surface area contributed by atoms with E-state index in [1.54, 1.807) is 0 Å². The maximum Gasteiger partial charge on any atom is 0.232 e. The van der Waals surface area contributed by atoms with Crippen molar-refractivity contribution in [2.45, 2.75) is 38.8 Å². The zero-order valence-corrected chi connectivity index (χ0v) is 19.2. The molecule has 1 N–H and O–H groups in total. The van der Waals surface area contributed by atoms with Crippen molar-refractivity contribution in [2.75, 3.05) is 23.7 Å². The van der Waals surface area contributed by atoms with Crippen LogP contribution >= 0.6 is 0 Å². The summed E-state index contributed by atoms with van der Waals surface area (Å²) in [7, 11) is -3.73. The molecule has 0 aliphatic carbocycles. The van der Waals surface area contributed by atoms with Crippen LogP contribution in [-0.4, -0.2) is 44.5 Å². The number of hydrogen-bond acceptors (Lipinski definition) is 4. The highest BCUT2D eigenvalue weighted by Gasteiger charge is 2.20. The smallest absolute Gasteiger partial charge is 0.232 e. The maximum atomic E-state index is 13.5. The summed E-state index contributed by atoms with van der Waals surface area (Å²) in [5.41, 5.74) is 1.94. The van der Waals surface area contributed by atoms with Crippen LogP contribution in [0.1, 0.15) is 36.8 Å². The molecule has 1 aliphatic heterocycles. The minimum atomic E-state index is -3.73. The molecule has 2 amide bonds. The van der Waals surface area contributed by atoms with Crippen LogP contribution in [0.5, 0.6) is 0 Å². The molecule has 10 heteroatoms. The summed E-state index contributed by atoms with van der Waals surface area (Å²) in [5.74, 6) is -2.29. The van der Waals surface area contributed by atoms with Gasteiger partial charge in [-0.2, -0.15) is 0 Å². The number of nitrogens with zero attached hydrogens (tertiary/aromatic N) is 2. The second-order valence-electron chi connectivity index (χ2n) is 8.05. The lowest BCUT2D eigenvalue weighted by Crippen LogP contribution is -2.32. The SMILES string of the molecule is CS(=O)(=O)N(CCCC(=O)NCc1ccc(CN2CCCC2=O)cc1)c1ccc(F)c(F)c1. The molecule has 2 aromatic carbocycles. The van der Waals surface area contributed by atoms with Crippen molar-refractivity contribution in [3.8, 4) is 0 Å². The Hall–Kier alpha value is -3.01. The molecular weight excluding hydrogens is 452 g/mol. The van der Waals surface area contributed by atoms with Gasteiger partial charge >= 0.3 is 0 Å². The molecule has 0 radical (unpaired) electrons. The van der Waals surface area contributed by atoms with E-state index in [1.165, 1.54) is 6.07 Å². The average molecular weight is 480 g/mol. The van der Waals surface area contributed by atoms with Gasteiger partial charge in [0.25, 0.3) is 0 Å². The third-order valence-electron chi connectivity index (χ3n) is 5.41. The Morgan fingerprint density at radius 2 is 1.79 bits per heavy atom. The molecule has 2 aromatic rings. The monoisotopic (exact) mass is 479 g/mol. The van der Waals surface area contributed by atoms with E-state index < -0.39 is 21.7 Å². The van der Waals surface area contributed by atoms with Crippen LogP contribution in [-0.2, 0) is 32.7 Å². The fraction of sp³-hybridized carbons (Fsp3) is 0.391. The number of hydrogen-bond donors (Lipinski definition) is 1. The molecule has 7 nitrogen and oxygen atoms in total. The van der Waals surface area contributed by atoms with Gasteiger partial charge in [-0.15, -0.1) is 0 Å². The van der Waals surface area contributed by atoms with Crippen LogP contribution < -0.4 is 9.62 Å². The average Bonchev–Trinajstić information content (AvgIpc) is 3.16. The van der Waals surface area contributed by atoms with Crippen molar-refractivity contribution in [3.05, 3.63) is 65.2 Å². The summed E-state index contributed by atoms with van der Waals surface area (Å²) in [6.07, 6.45) is 2.75. The molecule has 3 rings (SSSR count). The second-order valence-corrected chi connectivity index (χ2v) is 9.96. The van der Waals surface area contributed by atoms with Crippen molar-refractivity contribution >= 4 is 27.5 Å². The molecule has 0 atom stereocenters. The zero-order chi connectivity index (χ0) is 24.0. The number of amides is 2. The number of likely N-dealkylation sites (tertiary alicyclic amines) is 1. The molecule has 1 fully saturated rings. The topological polar surface area (TPSA) is 86.8 Å². The molecule has 0 saturated carbocycles. The minimum Gasteiger partial charge on any atom is -0.352 e. The van der Waals surface area contributed by atoms with E-state index in [-0.39, 0.29) is 36.9 Å². The van der Waals surface area contributed by atoms with Gasteiger partial charge in [0, 0.05) is 45.1 Å². The van der Waals surface area contributed by atoms with E-state index in [9.17, 15) is 26.8 Å². The fourth-order valence-corrected chi connectivity index (χ4v) is 4.61. The van der Waals surface area contributed by atoms with Crippen molar-refractivity contribution in [2.24, 2.45) is 0 Å². The Morgan fingerprint density at radius 3 is 2.39 bits per heavy atom. The molecule has 0 unspecified atom stereocenters. The lowest BCUT2D eigenvalue weighted by molar-refractivity contribution is -0.128. The maximum absolute atomic E-state index is 13.5. The van der Waals surface area contributed by atoms with Crippen LogP contribution in [0.15, 0.2) is 42.5 Å². The molecule has 0 spiro atoms. The van der Waals surface area contributed by atoms with Gasteiger partial charge in [-0.05, 0) is 36.1 Å². The third kappa shape index (κ3) is 6.98. The highest BCUT2D eigenvalue weighted by molar-refractivity contribution is 7.92. The molecule has 0 aromatic heterocycles. The molecule has 178 valence electrons. The summed E-state index contributed by atoms with van der Waals surface area (Å²) in [4.78, 5) is 25.7. The lowest BCUT2D eigenvalue weighted by atomic mass is 10.1. The summed E-state index contributed by atoms with van der Waals surface area (Å²) in [6, 6.07) is 10.5. The summed E-state index contributed by atoms with van der Waals surface area (Å²) in [6.45, 7) is 1.64. The first-order valence-corrected chi connectivity index (χ1v) is 12.5. The van der Waals surface area contributed by atoms with E-state index in [4.69, 9.17) is 0 Å². The quantitative estimate of drug-likeness (QED) is 0.568. The predicted molar refractivity (Wildman–Crippen MR) is 121 cm³/mol. The highest BCUT2D eigenvalue weighted by Crippen LogP contribution is 2.21. The van der Waals surface area contributed by atoms with Crippen molar-refractivity contribution in [1.82, 2.24) is 10.2 Å². The van der Waals surface area contributed by atoms with E-state index in [1.807, 2.05) is 29.2 Å². The van der Waals surface area contributed by atoms with Crippen molar-refractivity contribution in [1.29, 1.82) is 0 Å². The standard InChI is InChI=1S/C23H27F2N3O4S/c1-33(31,32)28(19-10-11-20(24)21(25)14-19)13-2-4-22(29)26-15-17-6-8-18(9-7-17)16-27-12-3-5-23(27)30/h6-11,14H,2-5,12-13,15-16H2,1H3,(H,26,29). The first kappa shape index (κ1) is 24.6. The molecule has 1 heterocycles. The molecule has 33 heavy (non-hydrogen) atoms. The van der Waals surface area contributed by atoms with Crippen LogP contribution in [0.3, 0.4) is 0 Å². The van der Waals surface area contributed by atoms with Gasteiger partial charge in [0.15, 0.2) is 11.6 Å². The Balaban J connectivity index is 1.46. The largest absolute Gasteiger partial charge is 0.352 e. The van der Waals surface area contributed by atoms with Crippen LogP contribution in [0.2, 0.25) is 0 Å². The van der Waals surface area contributed by atoms with Crippen LogP contribution in [0.4, 0.5) is 14.5 Å². The Morgan fingerprint density at radius 1 is 1.09 bits per heavy atom. The number of sulfonamides is 1. The number of carbonyl (C=O) groups excluding carboxylic acids is 2. The zero-order valence-electron chi connectivity index (χ0n) is 18.4. The molecule has 0 bridgehead atoms. The Kier molecular flexibility index (Phi) is 8.01. The Bertz CT molecular complexity index is 1110. The highest BCUT2D eigenvalue weighted by atomic mass is 32.2. The predicted octanol–water partition coefficient (Wildman–Crippen LogP) is 2.95. The van der Waals surface area contributed by atoms with Gasteiger partial charge in [-0.1, -0.05) is 24.3 Å². The van der Waals surface area contributed by atoms with Gasteiger partial charge < -0.3 is 10.2 Å². The first-order valence-electron chi connectivity index (χ1n) is 10.7. The van der Waals surface area contributed by atoms with E-state index in [2.05, 4.69) is 5.32 Å². The van der Waals surface area contributed by atoms with E-state index >= 15 is 0 Å². The number of anilines is 1. The summed E-state index contributed by atoms with van der Waals surface area (Å²) >= 11 is 0. The second kappa shape index (κ2) is 10.7. The summed E-state index contributed by atoms with van der Waals surface area (Å²) < 4.78 is 51.7. The van der Waals surface area contributed by atoms with Crippen molar-refractivity contribution in [3.63, 3.8) is 0 Å². The van der Waals surface area contributed by atoms with Gasteiger partial charge in [0.2, 0.25) is 21.8 Å². The number of nitrogens with one attached hydrogen (secondary N) is 1. The number of benzene rings is 2. The lowest BCUT2D eigenvalue weighted by Gasteiger charge is -2.22. The number of halogens is 2. The van der Waals surface area contributed by atoms with Crippen LogP contribution in [0.25, 0.3) is 0 Å². The molecule has 1 saturated heterocycles. The molecule has 1 aliphatic rings. The third-order valence-corrected chi connectivity index (χ3v) is 6.61. The number of rotatable bonds is 10. The summed E-state index contributed by atoms with van der Waals surface area (Å²) in [5, 5.41) is 2.79. The van der Waals surface area contributed by atoms with Gasteiger partial charge in [-0.25, -0.2) is 17.2 Å². The van der Waals surface area contributed by atoms with Gasteiger partial charge in [0.1, 0.15) is 0 Å². The normalized spacial score (nSPS) is 13.9. The van der Waals surface area contributed by atoms with E-state index in [0.717, 1.165) is 46.8 Å². The van der Waals surface area contributed by atoms with Gasteiger partial charge in [-0.3, -0.25) is 13.9 Å². The first-order chi connectivity index (χ1) is 15.6. The molecular formula is C23H27F2N3O4S. The number of carbonyl (C=O) groups is 2. The van der Waals surface area contributed by atoms with Crippen LogP contribution in [0, 0.1) is 11.6 Å². The van der Waals surface area contributed by atoms with E-state index in [0.29, 0.717) is 19.5 Å². The Labute approximate surface area is 192 Å². The fourth-order valence-electron chi connectivity index (χ4n) is 3.65.